The number of hydrogen-bond acceptors (Lipinski definition) is 4. The summed E-state index contributed by atoms with van der Waals surface area (Å²) in [6.07, 6.45) is 1.77. The predicted octanol–water partition coefficient (Wildman–Crippen LogP) is 1.75. The van der Waals surface area contributed by atoms with Crippen molar-refractivity contribution in [2.45, 2.75) is 39.8 Å². The summed E-state index contributed by atoms with van der Waals surface area (Å²) in [5.74, 6) is 0.0767. The Morgan fingerprint density at radius 3 is 2.91 bits per heavy atom. The van der Waals surface area contributed by atoms with Gasteiger partial charge in [-0.25, -0.2) is 9.67 Å². The Balaban J connectivity index is 2.08. The fourth-order valence-electron chi connectivity index (χ4n) is 3.00. The van der Waals surface area contributed by atoms with Crippen LogP contribution < -0.4 is 5.32 Å². The molecule has 1 atom stereocenters. The van der Waals surface area contributed by atoms with Crippen molar-refractivity contribution < 1.29 is 4.79 Å². The Morgan fingerprint density at radius 1 is 1.45 bits per heavy atom. The molecule has 0 bridgehead atoms. The molecule has 0 spiro atoms. The topological polar surface area (TPSA) is 63.1 Å². The first-order valence-corrected chi connectivity index (χ1v) is 7.85. The summed E-state index contributed by atoms with van der Waals surface area (Å²) < 4.78 is 1.88. The molecule has 22 heavy (non-hydrogen) atoms. The van der Waals surface area contributed by atoms with E-state index in [-0.39, 0.29) is 18.0 Å². The van der Waals surface area contributed by atoms with Crippen molar-refractivity contribution >= 4 is 16.9 Å². The zero-order valence-corrected chi connectivity index (χ0v) is 13.6. The number of fused-ring (bicyclic) bond motifs is 1. The number of carbonyl (C=O) groups excluding carboxylic acids is 1. The highest BCUT2D eigenvalue weighted by atomic mass is 16.2. The molecule has 1 aliphatic rings. The lowest BCUT2D eigenvalue weighted by Crippen LogP contribution is -2.52. The standard InChI is InChI=1S/C16H23N5O/c1-10(2)21-15-14(9-18-21)13(7-11(3)19-15)16(22)20-6-5-17-8-12(20)4/h7,9-10,12,17H,5-6,8H2,1-4H3/t12-/m1/s1. The minimum atomic E-state index is 0.0767. The third-order valence-corrected chi connectivity index (χ3v) is 4.18. The molecule has 1 fully saturated rings. The predicted molar refractivity (Wildman–Crippen MR) is 86.0 cm³/mol. The van der Waals surface area contributed by atoms with Gasteiger partial charge in [0.1, 0.15) is 0 Å². The smallest absolute Gasteiger partial charge is 0.255 e. The van der Waals surface area contributed by atoms with E-state index in [0.717, 1.165) is 36.4 Å². The lowest BCUT2D eigenvalue weighted by molar-refractivity contribution is 0.0657. The Kier molecular flexibility index (Phi) is 3.87. The molecule has 0 unspecified atom stereocenters. The van der Waals surface area contributed by atoms with E-state index in [4.69, 9.17) is 0 Å². The van der Waals surface area contributed by atoms with E-state index in [2.05, 4.69) is 36.2 Å². The highest BCUT2D eigenvalue weighted by molar-refractivity contribution is 6.05. The lowest BCUT2D eigenvalue weighted by atomic mass is 10.1. The first-order valence-electron chi connectivity index (χ1n) is 7.85. The van der Waals surface area contributed by atoms with E-state index in [1.165, 1.54) is 0 Å². The van der Waals surface area contributed by atoms with E-state index < -0.39 is 0 Å². The van der Waals surface area contributed by atoms with E-state index in [9.17, 15) is 4.79 Å². The Morgan fingerprint density at radius 2 is 2.23 bits per heavy atom. The molecule has 3 rings (SSSR count). The van der Waals surface area contributed by atoms with Gasteiger partial charge in [0.15, 0.2) is 5.65 Å². The van der Waals surface area contributed by atoms with Gasteiger partial charge in [0, 0.05) is 37.4 Å². The van der Waals surface area contributed by atoms with Crippen molar-refractivity contribution in [3.63, 3.8) is 0 Å². The number of nitrogens with zero attached hydrogens (tertiary/aromatic N) is 4. The van der Waals surface area contributed by atoms with Gasteiger partial charge in [-0.05, 0) is 33.8 Å². The Bertz CT molecular complexity index is 706. The first kappa shape index (κ1) is 15.0. The van der Waals surface area contributed by atoms with Gasteiger partial charge in [0.05, 0.1) is 17.1 Å². The van der Waals surface area contributed by atoms with E-state index >= 15 is 0 Å². The van der Waals surface area contributed by atoms with Crippen LogP contribution in [0.5, 0.6) is 0 Å². The SMILES string of the molecule is Cc1cc(C(=O)N2CCNC[C@H]2C)c2cnn(C(C)C)c2n1. The molecule has 1 saturated heterocycles. The van der Waals surface area contributed by atoms with E-state index in [1.54, 1.807) is 6.20 Å². The number of piperazine rings is 1. The van der Waals surface area contributed by atoms with Crippen LogP contribution in [0.2, 0.25) is 0 Å². The maximum Gasteiger partial charge on any atom is 0.255 e. The van der Waals surface area contributed by atoms with Crippen LogP contribution in [0.15, 0.2) is 12.3 Å². The zero-order valence-electron chi connectivity index (χ0n) is 13.6. The largest absolute Gasteiger partial charge is 0.333 e. The van der Waals surface area contributed by atoms with Crippen LogP contribution in [0, 0.1) is 6.92 Å². The Hall–Kier alpha value is -1.95. The Labute approximate surface area is 130 Å². The molecule has 6 heteroatoms. The second-order valence-corrected chi connectivity index (χ2v) is 6.28. The quantitative estimate of drug-likeness (QED) is 0.918. The molecule has 0 aliphatic carbocycles. The zero-order chi connectivity index (χ0) is 15.9. The molecule has 3 heterocycles. The number of rotatable bonds is 2. The van der Waals surface area contributed by atoms with Gasteiger partial charge in [-0.1, -0.05) is 0 Å². The van der Waals surface area contributed by atoms with E-state index in [0.29, 0.717) is 5.56 Å². The van der Waals surface area contributed by atoms with Crippen molar-refractivity contribution in [3.05, 3.63) is 23.5 Å². The fraction of sp³-hybridized carbons (Fsp3) is 0.562. The van der Waals surface area contributed by atoms with Gasteiger partial charge in [0.2, 0.25) is 0 Å². The van der Waals surface area contributed by atoms with Crippen molar-refractivity contribution in [1.29, 1.82) is 0 Å². The number of aryl methyl sites for hydroxylation is 1. The maximum atomic E-state index is 13.0. The summed E-state index contributed by atoms with van der Waals surface area (Å²) in [7, 11) is 0. The minimum Gasteiger partial charge on any atom is -0.333 e. The summed E-state index contributed by atoms with van der Waals surface area (Å²) in [6.45, 7) is 10.6. The monoisotopic (exact) mass is 301 g/mol. The lowest BCUT2D eigenvalue weighted by Gasteiger charge is -2.34. The van der Waals surface area contributed by atoms with Crippen LogP contribution in [0.25, 0.3) is 11.0 Å². The molecule has 2 aromatic rings. The van der Waals surface area contributed by atoms with Crippen molar-refractivity contribution in [2.24, 2.45) is 0 Å². The molecule has 0 saturated carbocycles. The average Bonchev–Trinajstić information content (AvgIpc) is 2.90. The van der Waals surface area contributed by atoms with Gasteiger partial charge in [0.25, 0.3) is 5.91 Å². The molecular formula is C16H23N5O. The number of amides is 1. The van der Waals surface area contributed by atoms with Gasteiger partial charge >= 0.3 is 0 Å². The molecule has 2 aromatic heterocycles. The van der Waals surface area contributed by atoms with Gasteiger partial charge < -0.3 is 10.2 Å². The molecule has 6 nitrogen and oxygen atoms in total. The molecule has 0 radical (unpaired) electrons. The molecule has 1 N–H and O–H groups in total. The number of carbonyl (C=O) groups is 1. The van der Waals surface area contributed by atoms with Crippen LogP contribution in [0.4, 0.5) is 0 Å². The summed E-state index contributed by atoms with van der Waals surface area (Å²) in [5.41, 5.74) is 2.35. The highest BCUT2D eigenvalue weighted by Gasteiger charge is 2.26. The van der Waals surface area contributed by atoms with Gasteiger partial charge in [-0.15, -0.1) is 0 Å². The third kappa shape index (κ3) is 2.47. The molecular weight excluding hydrogens is 278 g/mol. The van der Waals surface area contributed by atoms with Gasteiger partial charge in [-0.3, -0.25) is 4.79 Å². The third-order valence-electron chi connectivity index (χ3n) is 4.18. The van der Waals surface area contributed by atoms with E-state index in [1.807, 2.05) is 22.6 Å². The van der Waals surface area contributed by atoms with Crippen LogP contribution in [0.3, 0.4) is 0 Å². The van der Waals surface area contributed by atoms with Gasteiger partial charge in [-0.2, -0.15) is 5.10 Å². The molecule has 1 aliphatic heterocycles. The second-order valence-electron chi connectivity index (χ2n) is 6.28. The molecule has 1 amide bonds. The highest BCUT2D eigenvalue weighted by Crippen LogP contribution is 2.23. The summed E-state index contributed by atoms with van der Waals surface area (Å²) in [4.78, 5) is 19.5. The fourth-order valence-corrected chi connectivity index (χ4v) is 3.00. The van der Waals surface area contributed by atoms with Crippen LogP contribution in [-0.2, 0) is 0 Å². The molecule has 118 valence electrons. The van der Waals surface area contributed by atoms with Crippen molar-refractivity contribution in [3.8, 4) is 0 Å². The average molecular weight is 301 g/mol. The molecule has 0 aromatic carbocycles. The minimum absolute atomic E-state index is 0.0767. The number of aromatic nitrogens is 3. The number of hydrogen-bond donors (Lipinski definition) is 1. The number of pyridine rings is 1. The maximum absolute atomic E-state index is 13.0. The van der Waals surface area contributed by atoms with Crippen molar-refractivity contribution in [1.82, 2.24) is 25.0 Å². The summed E-state index contributed by atoms with van der Waals surface area (Å²) in [6, 6.07) is 2.30. The normalized spacial score (nSPS) is 19.1. The number of nitrogens with one attached hydrogen (secondary N) is 1. The summed E-state index contributed by atoms with van der Waals surface area (Å²) >= 11 is 0. The van der Waals surface area contributed by atoms with Crippen molar-refractivity contribution in [2.75, 3.05) is 19.6 Å². The van der Waals surface area contributed by atoms with Crippen LogP contribution >= 0.6 is 0 Å². The first-order chi connectivity index (χ1) is 10.5. The summed E-state index contributed by atoms with van der Waals surface area (Å²) in [5, 5.41) is 8.57. The second kappa shape index (κ2) is 5.68. The van der Waals surface area contributed by atoms with Crippen LogP contribution in [-0.4, -0.2) is 51.2 Å². The van der Waals surface area contributed by atoms with Crippen LogP contribution in [0.1, 0.15) is 42.9 Å².